The van der Waals surface area contributed by atoms with E-state index < -0.39 is 0 Å². The monoisotopic (exact) mass is 320 g/mol. The van der Waals surface area contributed by atoms with Crippen LogP contribution in [0.1, 0.15) is 37.5 Å². The number of nitrogens with one attached hydrogen (secondary N) is 3. The van der Waals surface area contributed by atoms with Crippen molar-refractivity contribution >= 4 is 17.5 Å². The quantitative estimate of drug-likeness (QED) is 0.701. The van der Waals surface area contributed by atoms with Crippen molar-refractivity contribution in [1.29, 1.82) is 0 Å². The van der Waals surface area contributed by atoms with E-state index in [4.69, 9.17) is 0 Å². The van der Waals surface area contributed by atoms with Crippen molar-refractivity contribution in [1.82, 2.24) is 5.32 Å². The fourth-order valence-corrected chi connectivity index (χ4v) is 2.70. The first-order valence-electron chi connectivity index (χ1n) is 8.23. The van der Waals surface area contributed by atoms with Crippen LogP contribution in [-0.2, 0) is 9.59 Å². The minimum atomic E-state index is -0.0609. The molecule has 1 atom stereocenters. The van der Waals surface area contributed by atoms with Crippen LogP contribution in [0.2, 0.25) is 0 Å². The zero-order chi connectivity index (χ0) is 17.6. The Morgan fingerprint density at radius 3 is 2.04 bits per heavy atom. The number of hydrogen-bond donors (Lipinski definition) is 3. The number of benzene rings is 1. The van der Waals surface area contributed by atoms with Gasteiger partial charge in [0.25, 0.3) is 11.8 Å². The average Bonchev–Trinajstić information content (AvgIpc) is 2.41. The highest BCUT2D eigenvalue weighted by Gasteiger charge is 2.18. The summed E-state index contributed by atoms with van der Waals surface area (Å²) in [7, 11) is 0. The molecule has 3 N–H and O–H groups in total. The number of likely N-dealkylation sites (N-methyl/N-ethyl adjacent to an activating group) is 1. The summed E-state index contributed by atoms with van der Waals surface area (Å²) in [6, 6.07) is 4.24. The summed E-state index contributed by atoms with van der Waals surface area (Å²) in [5.74, 6) is -0.0819. The van der Waals surface area contributed by atoms with Crippen molar-refractivity contribution in [3.05, 3.63) is 28.8 Å². The number of amides is 2. The molecular formula is C18H30N3O2+. The third-order valence-electron chi connectivity index (χ3n) is 3.71. The fourth-order valence-electron chi connectivity index (χ4n) is 2.70. The lowest BCUT2D eigenvalue weighted by molar-refractivity contribution is -0.881. The molecule has 1 unspecified atom stereocenters. The van der Waals surface area contributed by atoms with Crippen LogP contribution < -0.4 is 15.5 Å². The number of anilines is 1. The predicted octanol–water partition coefficient (Wildman–Crippen LogP) is 0.980. The molecule has 5 nitrogen and oxygen atoms in total. The van der Waals surface area contributed by atoms with Gasteiger partial charge < -0.3 is 15.5 Å². The van der Waals surface area contributed by atoms with E-state index in [1.165, 1.54) is 5.56 Å². The standard InChI is InChI=1S/C18H29N3O2/c1-7-21(10-16(22)19-12(2)3)11-17(23)20-18-14(5)8-13(4)9-15(18)6/h8-9,12H,7,10-11H2,1-6H3,(H,19,22)(H,20,23)/p+1. The highest BCUT2D eigenvalue weighted by atomic mass is 16.2. The van der Waals surface area contributed by atoms with Crippen LogP contribution >= 0.6 is 0 Å². The van der Waals surface area contributed by atoms with E-state index >= 15 is 0 Å². The van der Waals surface area contributed by atoms with Crippen molar-refractivity contribution in [2.24, 2.45) is 0 Å². The first-order valence-corrected chi connectivity index (χ1v) is 8.23. The highest BCUT2D eigenvalue weighted by Crippen LogP contribution is 2.21. The summed E-state index contributed by atoms with van der Waals surface area (Å²) in [6.07, 6.45) is 0. The number of carbonyl (C=O) groups is 2. The van der Waals surface area contributed by atoms with Crippen molar-refractivity contribution in [2.75, 3.05) is 25.0 Å². The number of aryl methyl sites for hydroxylation is 3. The molecule has 0 heterocycles. The Hall–Kier alpha value is -1.88. The van der Waals surface area contributed by atoms with E-state index in [1.54, 1.807) is 0 Å². The second-order valence-corrected chi connectivity index (χ2v) is 6.50. The average molecular weight is 320 g/mol. The van der Waals surface area contributed by atoms with Crippen LogP contribution in [0.4, 0.5) is 5.69 Å². The summed E-state index contributed by atoms with van der Waals surface area (Å²) in [4.78, 5) is 25.1. The van der Waals surface area contributed by atoms with Crippen LogP contribution in [-0.4, -0.2) is 37.5 Å². The van der Waals surface area contributed by atoms with Crippen molar-refractivity contribution < 1.29 is 14.5 Å². The van der Waals surface area contributed by atoms with Crippen LogP contribution in [0.25, 0.3) is 0 Å². The number of hydrogen-bond acceptors (Lipinski definition) is 2. The molecule has 0 aromatic heterocycles. The normalized spacial score (nSPS) is 12.1. The number of rotatable bonds is 7. The van der Waals surface area contributed by atoms with E-state index in [1.807, 2.05) is 41.5 Å². The molecule has 23 heavy (non-hydrogen) atoms. The van der Waals surface area contributed by atoms with Crippen LogP contribution in [0.5, 0.6) is 0 Å². The van der Waals surface area contributed by atoms with Crippen LogP contribution in [0, 0.1) is 20.8 Å². The van der Waals surface area contributed by atoms with Gasteiger partial charge in [0.1, 0.15) is 0 Å². The Balaban J connectivity index is 2.66. The predicted molar refractivity (Wildman–Crippen MR) is 93.8 cm³/mol. The molecule has 0 radical (unpaired) electrons. The van der Waals surface area contributed by atoms with Crippen molar-refractivity contribution in [3.63, 3.8) is 0 Å². The van der Waals surface area contributed by atoms with Gasteiger partial charge in [-0.25, -0.2) is 0 Å². The van der Waals surface area contributed by atoms with Gasteiger partial charge in [0.15, 0.2) is 13.1 Å². The summed E-state index contributed by atoms with van der Waals surface area (Å²) in [5.41, 5.74) is 4.18. The fraction of sp³-hybridized carbons (Fsp3) is 0.556. The van der Waals surface area contributed by atoms with Gasteiger partial charge in [0.2, 0.25) is 0 Å². The summed E-state index contributed by atoms with van der Waals surface area (Å²) < 4.78 is 0. The minimum absolute atomic E-state index is 0.0210. The van der Waals surface area contributed by atoms with E-state index in [2.05, 4.69) is 22.8 Å². The second kappa shape index (κ2) is 8.67. The molecule has 0 fully saturated rings. The topological polar surface area (TPSA) is 62.6 Å². The third-order valence-corrected chi connectivity index (χ3v) is 3.71. The maximum Gasteiger partial charge on any atom is 0.279 e. The lowest BCUT2D eigenvalue weighted by Gasteiger charge is -2.19. The molecule has 128 valence electrons. The molecule has 0 saturated carbocycles. The zero-order valence-corrected chi connectivity index (χ0v) is 15.2. The Labute approximate surface area is 139 Å². The largest absolute Gasteiger partial charge is 0.349 e. The summed E-state index contributed by atoms with van der Waals surface area (Å²) >= 11 is 0. The molecule has 5 heteroatoms. The van der Waals surface area contributed by atoms with Crippen molar-refractivity contribution in [2.45, 2.75) is 47.6 Å². The molecule has 1 aromatic carbocycles. The molecule has 1 aromatic rings. The number of quaternary nitrogens is 1. The first-order chi connectivity index (χ1) is 10.7. The molecule has 0 aliphatic rings. The molecule has 0 saturated heterocycles. The highest BCUT2D eigenvalue weighted by molar-refractivity contribution is 5.93. The molecule has 0 aliphatic heterocycles. The van der Waals surface area contributed by atoms with E-state index in [9.17, 15) is 9.59 Å². The zero-order valence-electron chi connectivity index (χ0n) is 15.2. The van der Waals surface area contributed by atoms with Crippen molar-refractivity contribution in [3.8, 4) is 0 Å². The Morgan fingerprint density at radius 1 is 1.04 bits per heavy atom. The molecule has 0 aliphatic carbocycles. The molecule has 0 bridgehead atoms. The lowest BCUT2D eigenvalue weighted by atomic mass is 10.1. The van der Waals surface area contributed by atoms with Gasteiger partial charge in [0.05, 0.1) is 6.54 Å². The SMILES string of the molecule is CC[NH+](CC(=O)Nc1c(C)cc(C)cc1C)CC(=O)NC(C)C. The second-order valence-electron chi connectivity index (χ2n) is 6.50. The first kappa shape index (κ1) is 19.2. The molecular weight excluding hydrogens is 290 g/mol. The van der Waals surface area contributed by atoms with Gasteiger partial charge in [0, 0.05) is 11.7 Å². The third kappa shape index (κ3) is 6.40. The van der Waals surface area contributed by atoms with Crippen LogP contribution in [0.3, 0.4) is 0 Å². The number of carbonyl (C=O) groups excluding carboxylic acids is 2. The molecule has 2 amide bonds. The van der Waals surface area contributed by atoms with Gasteiger partial charge in [-0.15, -0.1) is 0 Å². The van der Waals surface area contributed by atoms with E-state index in [0.717, 1.165) is 28.3 Å². The van der Waals surface area contributed by atoms with E-state index in [0.29, 0.717) is 6.54 Å². The van der Waals surface area contributed by atoms with Gasteiger partial charge in [-0.05, 0) is 52.7 Å². The maximum atomic E-state index is 12.3. The van der Waals surface area contributed by atoms with Gasteiger partial charge in [-0.3, -0.25) is 9.59 Å². The van der Waals surface area contributed by atoms with Gasteiger partial charge in [-0.2, -0.15) is 0 Å². The Bertz CT molecular complexity index is 544. The Kier molecular flexibility index (Phi) is 7.23. The minimum Gasteiger partial charge on any atom is -0.349 e. The smallest absolute Gasteiger partial charge is 0.279 e. The van der Waals surface area contributed by atoms with Crippen LogP contribution in [0.15, 0.2) is 12.1 Å². The molecule has 1 rings (SSSR count). The van der Waals surface area contributed by atoms with Gasteiger partial charge in [-0.1, -0.05) is 17.7 Å². The summed E-state index contributed by atoms with van der Waals surface area (Å²) in [6.45, 7) is 13.2. The lowest BCUT2D eigenvalue weighted by Crippen LogP contribution is -3.14. The van der Waals surface area contributed by atoms with Gasteiger partial charge >= 0.3 is 0 Å². The Morgan fingerprint density at radius 2 is 1.57 bits per heavy atom. The summed E-state index contributed by atoms with van der Waals surface area (Å²) in [5, 5.41) is 5.86. The molecule has 0 spiro atoms. The van der Waals surface area contributed by atoms with E-state index in [-0.39, 0.29) is 24.4 Å². The maximum absolute atomic E-state index is 12.3.